The second-order valence-electron chi connectivity index (χ2n) is 15.1. The average Bonchev–Trinajstić information content (AvgIpc) is 3.31. The molecule has 0 aromatic carbocycles. The normalized spacial score (nSPS) is 11.9. The molecule has 26 nitrogen and oxygen atoms in total. The van der Waals surface area contributed by atoms with Crippen molar-refractivity contribution in [1.82, 2.24) is 42.5 Å². The van der Waals surface area contributed by atoms with Crippen molar-refractivity contribution >= 4 is 47.3 Å². The van der Waals surface area contributed by atoms with Crippen molar-refractivity contribution in [3.63, 3.8) is 0 Å². The van der Waals surface area contributed by atoms with E-state index in [9.17, 15) is 38.4 Å². The first-order valence-corrected chi connectivity index (χ1v) is 23.5. The molecule has 0 aromatic rings. The van der Waals surface area contributed by atoms with Crippen LogP contribution in [0.2, 0.25) is 0 Å². The van der Waals surface area contributed by atoms with Gasteiger partial charge in [-0.05, 0) is 59.0 Å². The molecule has 12 N–H and O–H groups in total. The minimum Gasteiger partial charge on any atom is -0.377 e. The van der Waals surface area contributed by atoms with Crippen molar-refractivity contribution in [1.29, 1.82) is 0 Å². The van der Waals surface area contributed by atoms with Crippen LogP contribution in [0.1, 0.15) is 57.8 Å². The van der Waals surface area contributed by atoms with Crippen LogP contribution in [0.3, 0.4) is 0 Å². The van der Waals surface area contributed by atoms with Gasteiger partial charge in [-0.1, -0.05) is 0 Å². The van der Waals surface area contributed by atoms with Gasteiger partial charge in [0.15, 0.2) is 0 Å². The number of rotatable bonds is 50. The fourth-order valence-electron chi connectivity index (χ4n) is 5.64. The summed E-state index contributed by atoms with van der Waals surface area (Å²) < 4.78 is 42.6. The first kappa shape index (κ1) is 64.4. The van der Waals surface area contributed by atoms with E-state index in [1.807, 2.05) is 0 Å². The summed E-state index contributed by atoms with van der Waals surface area (Å²) in [6.45, 7) is 4.43. The Morgan fingerprint density at radius 3 is 0.870 bits per heavy atom. The van der Waals surface area contributed by atoms with E-state index in [2.05, 4.69) is 42.5 Å². The molecule has 0 aliphatic carbocycles. The largest absolute Gasteiger partial charge is 0.377 e. The number of primary amides is 2. The minimum absolute atomic E-state index is 0.0949. The van der Waals surface area contributed by atoms with Crippen LogP contribution in [0, 0.1) is 0 Å². The maximum Gasteiger partial charge on any atom is 0.246 e. The number of carbonyl (C=O) groups excluding carboxylic acids is 8. The predicted molar refractivity (Wildman–Crippen MR) is 250 cm³/mol. The molecular weight excluding hydrogens is 913 g/mol. The molecule has 0 spiro atoms. The van der Waals surface area contributed by atoms with E-state index in [1.54, 1.807) is 14.1 Å². The Morgan fingerprint density at radius 1 is 0.333 bits per heavy atom. The Labute approximate surface area is 405 Å². The van der Waals surface area contributed by atoms with Gasteiger partial charge in [0.2, 0.25) is 47.3 Å². The fraction of sp³-hybridized carbons (Fsp3) is 0.814. The highest BCUT2D eigenvalue weighted by Gasteiger charge is 2.13. The van der Waals surface area contributed by atoms with E-state index < -0.39 is 11.8 Å². The van der Waals surface area contributed by atoms with E-state index in [0.717, 1.165) is 12.8 Å². The van der Waals surface area contributed by atoms with E-state index in [4.69, 9.17) is 49.4 Å². The lowest BCUT2D eigenvalue weighted by atomic mass is 10.1. The third-order valence-electron chi connectivity index (χ3n) is 9.37. The number of hydrogen-bond acceptors (Lipinski definition) is 18. The first-order valence-electron chi connectivity index (χ1n) is 23.5. The second kappa shape index (κ2) is 47.1. The Morgan fingerprint density at radius 2 is 0.594 bits per heavy atom. The number of unbranched alkanes of at least 4 members (excludes halogenated alkanes) is 2. The van der Waals surface area contributed by atoms with Gasteiger partial charge in [-0.3, -0.25) is 38.4 Å². The lowest BCUT2D eigenvalue weighted by Crippen LogP contribution is -2.39. The Bertz CT molecular complexity index is 1300. The molecule has 400 valence electrons. The number of nitrogens with two attached hydrogens (primary N) is 2. The van der Waals surface area contributed by atoms with Gasteiger partial charge in [-0.2, -0.15) is 0 Å². The number of nitrogens with one attached hydrogen (secondary N) is 8. The van der Waals surface area contributed by atoms with E-state index in [0.29, 0.717) is 45.2 Å². The fourth-order valence-corrected chi connectivity index (χ4v) is 5.64. The van der Waals surface area contributed by atoms with Crippen molar-refractivity contribution < 1.29 is 76.3 Å². The van der Waals surface area contributed by atoms with Gasteiger partial charge in [-0.25, -0.2) is 0 Å². The third kappa shape index (κ3) is 44.3. The number of hydrogen-bond donors (Lipinski definition) is 10. The quantitative estimate of drug-likeness (QED) is 0.0257. The highest BCUT2D eigenvalue weighted by atomic mass is 16.5. The average molecular weight is 995 g/mol. The molecule has 0 fully saturated rings. The molecule has 8 amide bonds. The minimum atomic E-state index is -0.399. The van der Waals surface area contributed by atoms with Crippen LogP contribution in [0.4, 0.5) is 0 Å². The molecule has 0 aliphatic rings. The summed E-state index contributed by atoms with van der Waals surface area (Å²) in [4.78, 5) is 93.8. The van der Waals surface area contributed by atoms with Gasteiger partial charge >= 0.3 is 0 Å². The highest BCUT2D eigenvalue weighted by Crippen LogP contribution is 2.01. The van der Waals surface area contributed by atoms with Crippen molar-refractivity contribution in [2.75, 3.05) is 159 Å². The lowest BCUT2D eigenvalue weighted by Gasteiger charge is -2.12. The zero-order valence-corrected chi connectivity index (χ0v) is 40.8. The van der Waals surface area contributed by atoms with Gasteiger partial charge < -0.3 is 91.9 Å². The highest BCUT2D eigenvalue weighted by molar-refractivity contribution is 5.81. The SMILES string of the molecule is CN[C@@H](CCCCNC(=O)COCCOCCNC(=O)COCCOCCNC(=O)CCCC(=O)NCCOCCOCC(=O)NCCOCCOCC(=O)NCCCC[C@H](NC)C(N)=O)C(N)=O. The standard InChI is InChI=1S/C43H82N10O16/c1-46-34(42(44)60)8-3-5-12-48-38(56)30-66-26-24-64-20-16-52-40(58)32-68-28-22-62-18-14-50-36(54)10-7-11-37(55)51-15-19-63-23-29-69-33-41(59)53-17-21-65-25-27-67-31-39(57)49-13-6-4-9-35(47-2)43(45)61/h34-35,46-47H,3-33H2,1-2H3,(H2,44,60)(H2,45,61)(H,48,56)(H,49,57)(H,50,54)(H,51,55)(H,52,58)(H,53,59)/t34-,35-/m0/s1. The molecular formula is C43H82N10O16. The summed E-state index contributed by atoms with van der Waals surface area (Å²) in [6, 6.07) is -0.748. The number of amides is 8. The zero-order valence-electron chi connectivity index (χ0n) is 40.8. The maximum absolute atomic E-state index is 12.0. The van der Waals surface area contributed by atoms with Crippen LogP contribution in [-0.2, 0) is 76.3 Å². The van der Waals surface area contributed by atoms with Crippen LogP contribution in [0.5, 0.6) is 0 Å². The van der Waals surface area contributed by atoms with Gasteiger partial charge in [0, 0.05) is 52.1 Å². The molecule has 0 heterocycles. The molecule has 0 saturated heterocycles. The first-order chi connectivity index (χ1) is 33.4. The van der Waals surface area contributed by atoms with Crippen molar-refractivity contribution in [2.45, 2.75) is 69.9 Å². The van der Waals surface area contributed by atoms with Crippen LogP contribution < -0.4 is 54.0 Å². The molecule has 0 aliphatic heterocycles. The van der Waals surface area contributed by atoms with Gasteiger partial charge in [0.1, 0.15) is 26.4 Å². The van der Waals surface area contributed by atoms with E-state index in [1.165, 1.54) is 0 Å². The lowest BCUT2D eigenvalue weighted by molar-refractivity contribution is -0.127. The van der Waals surface area contributed by atoms with E-state index >= 15 is 0 Å². The molecule has 0 aromatic heterocycles. The smallest absolute Gasteiger partial charge is 0.246 e. The van der Waals surface area contributed by atoms with Crippen molar-refractivity contribution in [3.05, 3.63) is 0 Å². The van der Waals surface area contributed by atoms with Crippen molar-refractivity contribution in [3.8, 4) is 0 Å². The van der Waals surface area contributed by atoms with Crippen molar-refractivity contribution in [2.24, 2.45) is 11.5 Å². The van der Waals surface area contributed by atoms with Gasteiger partial charge in [0.05, 0.1) is 91.4 Å². The van der Waals surface area contributed by atoms with E-state index in [-0.39, 0.29) is 192 Å². The zero-order chi connectivity index (χ0) is 51.0. The van der Waals surface area contributed by atoms with Crippen LogP contribution >= 0.6 is 0 Å². The molecule has 69 heavy (non-hydrogen) atoms. The second-order valence-corrected chi connectivity index (χ2v) is 15.1. The summed E-state index contributed by atoms with van der Waals surface area (Å²) in [5, 5.41) is 21.9. The third-order valence-corrected chi connectivity index (χ3v) is 9.37. The number of likely N-dealkylation sites (N-methyl/N-ethyl adjacent to an activating group) is 2. The van der Waals surface area contributed by atoms with Crippen LogP contribution in [0.15, 0.2) is 0 Å². The molecule has 0 unspecified atom stereocenters. The maximum atomic E-state index is 12.0. The topological polar surface area (TPSA) is 359 Å². The van der Waals surface area contributed by atoms with Gasteiger partial charge in [0.25, 0.3) is 0 Å². The van der Waals surface area contributed by atoms with Crippen LogP contribution in [0.25, 0.3) is 0 Å². The number of ether oxygens (including phenoxy) is 8. The monoisotopic (exact) mass is 995 g/mol. The number of carbonyl (C=O) groups is 8. The summed E-state index contributed by atoms with van der Waals surface area (Å²) in [6.07, 6.45) is 4.84. The molecule has 0 saturated carbocycles. The van der Waals surface area contributed by atoms with Gasteiger partial charge in [-0.15, -0.1) is 0 Å². The summed E-state index contributed by atoms with van der Waals surface area (Å²) in [5.74, 6) is -2.32. The molecule has 0 rings (SSSR count). The molecule has 0 bridgehead atoms. The Hall–Kier alpha value is -4.64. The Balaban J connectivity index is 3.48. The predicted octanol–water partition coefficient (Wildman–Crippen LogP) is -4.53. The molecule has 2 atom stereocenters. The summed E-state index contributed by atoms with van der Waals surface area (Å²) in [7, 11) is 3.35. The Kier molecular flexibility index (Phi) is 43.9. The molecule has 0 radical (unpaired) electrons. The molecule has 26 heteroatoms. The summed E-state index contributed by atoms with van der Waals surface area (Å²) >= 11 is 0. The van der Waals surface area contributed by atoms with Crippen LogP contribution in [-0.4, -0.2) is 218 Å². The summed E-state index contributed by atoms with van der Waals surface area (Å²) in [5.41, 5.74) is 10.5.